The molecule has 3 aromatic rings. The maximum absolute atomic E-state index is 12.1. The highest BCUT2D eigenvalue weighted by molar-refractivity contribution is 5.97. The molecule has 2 heterocycles. The van der Waals surface area contributed by atoms with Crippen LogP contribution in [0.4, 0.5) is 0 Å². The molecule has 0 saturated carbocycles. The van der Waals surface area contributed by atoms with E-state index in [2.05, 4.69) is 25.5 Å². The van der Waals surface area contributed by atoms with Crippen LogP contribution >= 0.6 is 0 Å². The summed E-state index contributed by atoms with van der Waals surface area (Å²) >= 11 is 0. The molecule has 0 aliphatic heterocycles. The highest BCUT2D eigenvalue weighted by Crippen LogP contribution is 2.11. The smallest absolute Gasteiger partial charge is 0.251 e. The van der Waals surface area contributed by atoms with Crippen molar-refractivity contribution in [3.05, 3.63) is 53.6 Å². The van der Waals surface area contributed by atoms with Crippen molar-refractivity contribution in [1.82, 2.24) is 25.5 Å². The quantitative estimate of drug-likeness (QED) is 0.754. The minimum absolute atomic E-state index is 0.141. The lowest BCUT2D eigenvalue weighted by molar-refractivity contribution is 0.0951. The third kappa shape index (κ3) is 2.35. The Balaban J connectivity index is 1.77. The number of aromatic nitrogens is 4. The molecule has 2 N–H and O–H groups in total. The minimum Gasteiger partial charge on any atom is -0.348 e. The number of carbonyl (C=O) groups is 1. The van der Waals surface area contributed by atoms with E-state index in [0.717, 1.165) is 16.8 Å². The van der Waals surface area contributed by atoms with E-state index in [4.69, 9.17) is 0 Å². The third-order valence-corrected chi connectivity index (χ3v) is 3.11. The summed E-state index contributed by atoms with van der Waals surface area (Å²) in [7, 11) is 0. The van der Waals surface area contributed by atoms with Gasteiger partial charge in [0.05, 0.1) is 17.2 Å². The first-order valence-corrected chi connectivity index (χ1v) is 6.22. The lowest BCUT2D eigenvalue weighted by atomic mass is 10.1. The van der Waals surface area contributed by atoms with E-state index in [1.165, 1.54) is 0 Å². The number of fused-ring (bicyclic) bond motifs is 1. The molecule has 0 bridgehead atoms. The van der Waals surface area contributed by atoms with Crippen molar-refractivity contribution in [2.75, 3.05) is 0 Å². The molecule has 3 rings (SSSR count). The molecule has 0 atom stereocenters. The van der Waals surface area contributed by atoms with Gasteiger partial charge in [-0.05, 0) is 25.1 Å². The van der Waals surface area contributed by atoms with E-state index in [1.807, 2.05) is 6.92 Å². The van der Waals surface area contributed by atoms with Crippen LogP contribution in [0.2, 0.25) is 0 Å². The Morgan fingerprint density at radius 2 is 2.05 bits per heavy atom. The van der Waals surface area contributed by atoms with Crippen LogP contribution < -0.4 is 5.32 Å². The number of hydrogen-bond donors (Lipinski definition) is 2. The SMILES string of the molecule is Cc1[nH]ncc1CNC(=O)c1ccc2nccnc2c1. The molecule has 1 aromatic carbocycles. The topological polar surface area (TPSA) is 83.6 Å². The van der Waals surface area contributed by atoms with Gasteiger partial charge in [-0.3, -0.25) is 19.9 Å². The first kappa shape index (κ1) is 12.3. The van der Waals surface area contributed by atoms with E-state index in [-0.39, 0.29) is 5.91 Å². The van der Waals surface area contributed by atoms with Crippen LogP contribution in [-0.4, -0.2) is 26.1 Å². The molecular weight excluding hydrogens is 254 g/mol. The summed E-state index contributed by atoms with van der Waals surface area (Å²) in [6, 6.07) is 5.27. The number of aromatic amines is 1. The number of nitrogens with zero attached hydrogens (tertiary/aromatic N) is 3. The highest BCUT2D eigenvalue weighted by atomic mass is 16.1. The Morgan fingerprint density at radius 1 is 1.25 bits per heavy atom. The second-order valence-corrected chi connectivity index (χ2v) is 4.46. The van der Waals surface area contributed by atoms with Gasteiger partial charge in [-0.1, -0.05) is 0 Å². The van der Waals surface area contributed by atoms with Gasteiger partial charge < -0.3 is 5.32 Å². The van der Waals surface area contributed by atoms with Crippen LogP contribution in [0.5, 0.6) is 0 Å². The van der Waals surface area contributed by atoms with Crippen molar-refractivity contribution < 1.29 is 4.79 Å². The Bertz CT molecular complexity index is 765. The van der Waals surface area contributed by atoms with Crippen LogP contribution in [0.3, 0.4) is 0 Å². The van der Waals surface area contributed by atoms with Crippen LogP contribution in [-0.2, 0) is 6.54 Å². The molecule has 0 fully saturated rings. The minimum atomic E-state index is -0.141. The molecular formula is C14H13N5O. The van der Waals surface area contributed by atoms with E-state index < -0.39 is 0 Å². The molecule has 0 aliphatic carbocycles. The molecule has 0 radical (unpaired) electrons. The van der Waals surface area contributed by atoms with E-state index >= 15 is 0 Å². The van der Waals surface area contributed by atoms with Crippen LogP contribution in [0.1, 0.15) is 21.6 Å². The van der Waals surface area contributed by atoms with Gasteiger partial charge in [0.1, 0.15) is 0 Å². The van der Waals surface area contributed by atoms with Gasteiger partial charge in [-0.2, -0.15) is 5.10 Å². The molecule has 0 spiro atoms. The van der Waals surface area contributed by atoms with Crippen LogP contribution in [0.15, 0.2) is 36.8 Å². The molecule has 20 heavy (non-hydrogen) atoms. The van der Waals surface area contributed by atoms with Crippen molar-refractivity contribution in [1.29, 1.82) is 0 Å². The Labute approximate surface area is 115 Å². The maximum atomic E-state index is 12.1. The number of H-pyrrole nitrogens is 1. The third-order valence-electron chi connectivity index (χ3n) is 3.11. The Kier molecular flexibility index (Phi) is 3.12. The first-order chi connectivity index (χ1) is 9.74. The normalized spacial score (nSPS) is 10.7. The van der Waals surface area contributed by atoms with E-state index in [1.54, 1.807) is 36.8 Å². The standard InChI is InChI=1S/C14H13N5O/c1-9-11(8-18-19-9)7-17-14(20)10-2-3-12-13(6-10)16-5-4-15-12/h2-6,8H,7H2,1H3,(H,17,20)(H,18,19). The van der Waals surface area contributed by atoms with Gasteiger partial charge in [-0.15, -0.1) is 0 Å². The summed E-state index contributed by atoms with van der Waals surface area (Å²) in [6.45, 7) is 2.36. The number of hydrogen-bond acceptors (Lipinski definition) is 4. The average molecular weight is 267 g/mol. The molecule has 6 heteroatoms. The van der Waals surface area contributed by atoms with Gasteiger partial charge in [0.2, 0.25) is 0 Å². The largest absolute Gasteiger partial charge is 0.348 e. The summed E-state index contributed by atoms with van der Waals surface area (Å²) in [6.07, 6.45) is 4.95. The first-order valence-electron chi connectivity index (χ1n) is 6.22. The summed E-state index contributed by atoms with van der Waals surface area (Å²) in [4.78, 5) is 20.5. The number of benzene rings is 1. The monoisotopic (exact) mass is 267 g/mol. The molecule has 2 aromatic heterocycles. The second-order valence-electron chi connectivity index (χ2n) is 4.46. The molecule has 100 valence electrons. The van der Waals surface area contributed by atoms with Gasteiger partial charge in [-0.25, -0.2) is 0 Å². The fourth-order valence-electron chi connectivity index (χ4n) is 1.94. The zero-order chi connectivity index (χ0) is 13.9. The van der Waals surface area contributed by atoms with Crippen molar-refractivity contribution in [2.24, 2.45) is 0 Å². The fraction of sp³-hybridized carbons (Fsp3) is 0.143. The van der Waals surface area contributed by atoms with Crippen LogP contribution in [0.25, 0.3) is 11.0 Å². The number of aryl methyl sites for hydroxylation is 1. The van der Waals surface area contributed by atoms with E-state index in [0.29, 0.717) is 17.6 Å². The van der Waals surface area contributed by atoms with Crippen molar-refractivity contribution >= 4 is 16.9 Å². The van der Waals surface area contributed by atoms with Gasteiger partial charge in [0.15, 0.2) is 0 Å². The lowest BCUT2D eigenvalue weighted by Crippen LogP contribution is -2.22. The average Bonchev–Trinajstić information content (AvgIpc) is 2.89. The summed E-state index contributed by atoms with van der Waals surface area (Å²) < 4.78 is 0. The molecule has 6 nitrogen and oxygen atoms in total. The van der Waals surface area contributed by atoms with Gasteiger partial charge in [0, 0.05) is 35.8 Å². The van der Waals surface area contributed by atoms with Gasteiger partial charge >= 0.3 is 0 Å². The predicted octanol–water partition coefficient (Wildman–Crippen LogP) is 1.59. The summed E-state index contributed by atoms with van der Waals surface area (Å²) in [5.41, 5.74) is 3.97. The Hall–Kier alpha value is -2.76. The molecule has 0 aliphatic rings. The lowest BCUT2D eigenvalue weighted by Gasteiger charge is -2.05. The molecule has 1 amide bonds. The highest BCUT2D eigenvalue weighted by Gasteiger charge is 2.08. The summed E-state index contributed by atoms with van der Waals surface area (Å²) in [5.74, 6) is -0.141. The predicted molar refractivity (Wildman–Crippen MR) is 74.0 cm³/mol. The molecule has 0 unspecified atom stereocenters. The van der Waals surface area contributed by atoms with Crippen molar-refractivity contribution in [3.63, 3.8) is 0 Å². The number of rotatable bonds is 3. The molecule has 0 saturated heterocycles. The zero-order valence-corrected chi connectivity index (χ0v) is 10.9. The number of carbonyl (C=O) groups excluding carboxylic acids is 1. The van der Waals surface area contributed by atoms with Crippen molar-refractivity contribution in [2.45, 2.75) is 13.5 Å². The number of nitrogens with one attached hydrogen (secondary N) is 2. The van der Waals surface area contributed by atoms with Gasteiger partial charge in [0.25, 0.3) is 5.91 Å². The summed E-state index contributed by atoms with van der Waals surface area (Å²) in [5, 5.41) is 9.62. The second kappa shape index (κ2) is 5.08. The number of amides is 1. The van der Waals surface area contributed by atoms with Crippen LogP contribution in [0, 0.1) is 6.92 Å². The maximum Gasteiger partial charge on any atom is 0.251 e. The van der Waals surface area contributed by atoms with E-state index in [9.17, 15) is 4.79 Å². The Morgan fingerprint density at radius 3 is 2.80 bits per heavy atom. The van der Waals surface area contributed by atoms with Crippen molar-refractivity contribution in [3.8, 4) is 0 Å². The zero-order valence-electron chi connectivity index (χ0n) is 10.9. The fourth-order valence-corrected chi connectivity index (χ4v) is 1.94.